The Morgan fingerprint density at radius 2 is 2.13 bits per heavy atom. The van der Waals surface area contributed by atoms with Crippen molar-refractivity contribution < 1.29 is 9.53 Å². The number of nitrogens with one attached hydrogen (secondary N) is 2. The standard InChI is InChI=1S/C11H20N2O2/c1-15-8-11(4-6-12-7-5-11)10(14)13-9-2-3-9/h9,12H,2-8H2,1H3,(H,13,14). The van der Waals surface area contributed by atoms with Crippen LogP contribution in [-0.4, -0.2) is 38.8 Å². The van der Waals surface area contributed by atoms with Gasteiger partial charge < -0.3 is 15.4 Å². The number of carbonyl (C=O) groups excluding carboxylic acids is 1. The Bertz CT molecular complexity index is 227. The van der Waals surface area contributed by atoms with Crippen LogP contribution in [0.5, 0.6) is 0 Å². The van der Waals surface area contributed by atoms with Crippen LogP contribution in [0.1, 0.15) is 25.7 Å². The smallest absolute Gasteiger partial charge is 0.228 e. The summed E-state index contributed by atoms with van der Waals surface area (Å²) >= 11 is 0. The highest BCUT2D eigenvalue weighted by molar-refractivity contribution is 5.83. The maximum absolute atomic E-state index is 12.1. The fourth-order valence-electron chi connectivity index (χ4n) is 2.18. The minimum absolute atomic E-state index is 0.202. The van der Waals surface area contributed by atoms with E-state index in [1.807, 2.05) is 0 Å². The normalized spacial score (nSPS) is 24.9. The van der Waals surface area contributed by atoms with Gasteiger partial charge in [0.1, 0.15) is 0 Å². The van der Waals surface area contributed by atoms with Crippen LogP contribution in [0.15, 0.2) is 0 Å². The topological polar surface area (TPSA) is 50.4 Å². The monoisotopic (exact) mass is 212 g/mol. The molecule has 0 bridgehead atoms. The largest absolute Gasteiger partial charge is 0.384 e. The lowest BCUT2D eigenvalue weighted by molar-refractivity contribution is -0.136. The van der Waals surface area contributed by atoms with Crippen molar-refractivity contribution in [1.29, 1.82) is 0 Å². The molecule has 2 aliphatic rings. The van der Waals surface area contributed by atoms with Crippen LogP contribution >= 0.6 is 0 Å². The third-order valence-electron chi connectivity index (χ3n) is 3.38. The van der Waals surface area contributed by atoms with Crippen LogP contribution in [0.2, 0.25) is 0 Å². The molecule has 1 heterocycles. The Labute approximate surface area is 90.8 Å². The van der Waals surface area contributed by atoms with Gasteiger partial charge in [-0.25, -0.2) is 0 Å². The summed E-state index contributed by atoms with van der Waals surface area (Å²) in [5, 5.41) is 6.39. The van der Waals surface area contributed by atoms with E-state index in [1.54, 1.807) is 7.11 Å². The molecule has 0 spiro atoms. The number of methoxy groups -OCH3 is 1. The van der Waals surface area contributed by atoms with Crippen molar-refractivity contribution in [1.82, 2.24) is 10.6 Å². The van der Waals surface area contributed by atoms with Gasteiger partial charge in [0.2, 0.25) is 5.91 Å². The van der Waals surface area contributed by atoms with E-state index in [0.717, 1.165) is 38.8 Å². The number of carbonyl (C=O) groups is 1. The summed E-state index contributed by atoms with van der Waals surface area (Å²) in [7, 11) is 1.67. The van der Waals surface area contributed by atoms with Gasteiger partial charge in [-0.3, -0.25) is 4.79 Å². The van der Waals surface area contributed by atoms with Gasteiger partial charge in [-0.1, -0.05) is 0 Å². The number of rotatable bonds is 4. The Kier molecular flexibility index (Phi) is 3.26. The van der Waals surface area contributed by atoms with Crippen molar-refractivity contribution in [3.05, 3.63) is 0 Å². The summed E-state index contributed by atoms with van der Waals surface area (Å²) in [6, 6.07) is 0.445. The van der Waals surface area contributed by atoms with Crippen molar-refractivity contribution in [2.45, 2.75) is 31.7 Å². The molecule has 4 heteroatoms. The van der Waals surface area contributed by atoms with Crippen molar-refractivity contribution >= 4 is 5.91 Å². The number of hydrogen-bond donors (Lipinski definition) is 2. The zero-order valence-electron chi connectivity index (χ0n) is 9.34. The maximum atomic E-state index is 12.1. The number of hydrogen-bond acceptors (Lipinski definition) is 3. The van der Waals surface area contributed by atoms with E-state index in [9.17, 15) is 4.79 Å². The van der Waals surface area contributed by atoms with Gasteiger partial charge >= 0.3 is 0 Å². The van der Waals surface area contributed by atoms with Gasteiger partial charge in [0.25, 0.3) is 0 Å². The third-order valence-corrected chi connectivity index (χ3v) is 3.38. The lowest BCUT2D eigenvalue weighted by atomic mass is 9.78. The molecule has 0 aromatic carbocycles. The molecule has 0 radical (unpaired) electrons. The molecule has 1 saturated carbocycles. The first-order chi connectivity index (χ1) is 7.27. The molecule has 1 amide bonds. The SMILES string of the molecule is COCC1(C(=O)NC2CC2)CCNCC1. The molecule has 4 nitrogen and oxygen atoms in total. The van der Waals surface area contributed by atoms with Gasteiger partial charge in [0.05, 0.1) is 12.0 Å². The molecule has 0 unspecified atom stereocenters. The first kappa shape index (κ1) is 10.9. The van der Waals surface area contributed by atoms with E-state index in [2.05, 4.69) is 10.6 Å². The summed E-state index contributed by atoms with van der Waals surface area (Å²) in [5.41, 5.74) is -0.275. The molecule has 1 aliphatic carbocycles. The minimum Gasteiger partial charge on any atom is -0.384 e. The second-order valence-corrected chi connectivity index (χ2v) is 4.71. The highest BCUT2D eigenvalue weighted by atomic mass is 16.5. The fourth-order valence-corrected chi connectivity index (χ4v) is 2.18. The lowest BCUT2D eigenvalue weighted by Crippen LogP contribution is -2.50. The first-order valence-corrected chi connectivity index (χ1v) is 5.77. The van der Waals surface area contributed by atoms with E-state index in [4.69, 9.17) is 4.74 Å². The Hall–Kier alpha value is -0.610. The van der Waals surface area contributed by atoms with Crippen LogP contribution in [0.4, 0.5) is 0 Å². The quantitative estimate of drug-likeness (QED) is 0.704. The molecule has 0 atom stereocenters. The Morgan fingerprint density at radius 3 is 2.67 bits per heavy atom. The zero-order chi connectivity index (χ0) is 10.7. The second kappa shape index (κ2) is 4.49. The van der Waals surface area contributed by atoms with Gasteiger partial charge in [0, 0.05) is 13.2 Å². The van der Waals surface area contributed by atoms with E-state index in [1.165, 1.54) is 0 Å². The summed E-state index contributed by atoms with van der Waals surface area (Å²) < 4.78 is 5.22. The predicted molar refractivity (Wildman–Crippen MR) is 57.6 cm³/mol. The molecular formula is C11H20N2O2. The van der Waals surface area contributed by atoms with Gasteiger partial charge in [-0.2, -0.15) is 0 Å². The highest BCUT2D eigenvalue weighted by Crippen LogP contribution is 2.31. The summed E-state index contributed by atoms with van der Waals surface area (Å²) in [6.45, 7) is 2.39. The maximum Gasteiger partial charge on any atom is 0.228 e. The molecule has 2 rings (SSSR count). The average Bonchev–Trinajstić information content (AvgIpc) is 3.03. The van der Waals surface area contributed by atoms with Gasteiger partial charge in [-0.05, 0) is 38.8 Å². The summed E-state index contributed by atoms with van der Waals surface area (Å²) in [5.74, 6) is 0.202. The number of amides is 1. The average molecular weight is 212 g/mol. The van der Waals surface area contributed by atoms with E-state index >= 15 is 0 Å². The van der Waals surface area contributed by atoms with Crippen molar-refractivity contribution in [3.8, 4) is 0 Å². The molecule has 86 valence electrons. The molecule has 0 aromatic heterocycles. The second-order valence-electron chi connectivity index (χ2n) is 4.71. The zero-order valence-corrected chi connectivity index (χ0v) is 9.34. The van der Waals surface area contributed by atoms with E-state index in [0.29, 0.717) is 12.6 Å². The molecular weight excluding hydrogens is 192 g/mol. The molecule has 15 heavy (non-hydrogen) atoms. The lowest BCUT2D eigenvalue weighted by Gasteiger charge is -2.35. The highest BCUT2D eigenvalue weighted by Gasteiger charge is 2.41. The van der Waals surface area contributed by atoms with Crippen LogP contribution in [0, 0.1) is 5.41 Å². The van der Waals surface area contributed by atoms with Gasteiger partial charge in [-0.15, -0.1) is 0 Å². The van der Waals surface area contributed by atoms with Gasteiger partial charge in [0.15, 0.2) is 0 Å². The Balaban J connectivity index is 1.98. The number of piperidine rings is 1. The number of ether oxygens (including phenoxy) is 1. The Morgan fingerprint density at radius 1 is 1.47 bits per heavy atom. The van der Waals surface area contributed by atoms with Crippen LogP contribution < -0.4 is 10.6 Å². The summed E-state index contributed by atoms with van der Waals surface area (Å²) in [6.07, 6.45) is 4.07. The first-order valence-electron chi connectivity index (χ1n) is 5.77. The molecule has 1 aliphatic heterocycles. The molecule has 0 aromatic rings. The van der Waals surface area contributed by atoms with E-state index in [-0.39, 0.29) is 11.3 Å². The van der Waals surface area contributed by atoms with Crippen molar-refractivity contribution in [2.75, 3.05) is 26.8 Å². The third kappa shape index (κ3) is 2.49. The molecule has 1 saturated heterocycles. The molecule has 2 N–H and O–H groups in total. The van der Waals surface area contributed by atoms with Crippen LogP contribution in [-0.2, 0) is 9.53 Å². The van der Waals surface area contributed by atoms with Crippen LogP contribution in [0.25, 0.3) is 0 Å². The fraction of sp³-hybridized carbons (Fsp3) is 0.909. The van der Waals surface area contributed by atoms with Crippen LogP contribution in [0.3, 0.4) is 0 Å². The summed E-state index contributed by atoms with van der Waals surface area (Å²) in [4.78, 5) is 12.1. The van der Waals surface area contributed by atoms with Crippen molar-refractivity contribution in [3.63, 3.8) is 0 Å². The predicted octanol–water partition coefficient (Wildman–Crippen LogP) is 0.281. The minimum atomic E-state index is -0.275. The van der Waals surface area contributed by atoms with E-state index < -0.39 is 0 Å². The van der Waals surface area contributed by atoms with Crippen molar-refractivity contribution in [2.24, 2.45) is 5.41 Å². The molecule has 2 fully saturated rings.